The van der Waals surface area contributed by atoms with Gasteiger partial charge in [-0.1, -0.05) is 6.07 Å². The maximum Gasteiger partial charge on any atom is 0.126 e. The smallest absolute Gasteiger partial charge is 0.126 e. The highest BCUT2D eigenvalue weighted by Crippen LogP contribution is 2.15. The molecule has 78 valence electrons. The van der Waals surface area contributed by atoms with Crippen LogP contribution in [0.1, 0.15) is 5.56 Å². The number of aromatic amines is 1. The highest BCUT2D eigenvalue weighted by molar-refractivity contribution is 9.10. The van der Waals surface area contributed by atoms with E-state index in [-0.39, 0.29) is 5.82 Å². The summed E-state index contributed by atoms with van der Waals surface area (Å²) in [5.74, 6) is 0.245. The molecule has 15 heavy (non-hydrogen) atoms. The second-order valence-electron chi connectivity index (χ2n) is 3.10. The van der Waals surface area contributed by atoms with E-state index in [2.05, 4.69) is 20.9 Å². The van der Waals surface area contributed by atoms with Crippen molar-refractivity contribution in [3.63, 3.8) is 0 Å². The van der Waals surface area contributed by atoms with Crippen LogP contribution in [-0.2, 0) is 6.61 Å². The monoisotopic (exact) mass is 269 g/mol. The van der Waals surface area contributed by atoms with Crippen molar-refractivity contribution in [2.75, 3.05) is 0 Å². The molecule has 2 aromatic rings. The molecule has 2 nitrogen and oxygen atoms in total. The number of rotatable bonds is 3. The summed E-state index contributed by atoms with van der Waals surface area (Å²) in [4.78, 5) is 2.98. The molecule has 0 bridgehead atoms. The van der Waals surface area contributed by atoms with Crippen LogP contribution in [0.4, 0.5) is 4.39 Å². The molecule has 0 radical (unpaired) electrons. The Labute approximate surface area is 95.2 Å². The average molecular weight is 270 g/mol. The van der Waals surface area contributed by atoms with Crippen molar-refractivity contribution in [2.45, 2.75) is 6.61 Å². The predicted molar refractivity (Wildman–Crippen MR) is 59.2 cm³/mol. The summed E-state index contributed by atoms with van der Waals surface area (Å²) in [7, 11) is 0. The number of halogens is 2. The molecule has 0 fully saturated rings. The molecular weight excluding hydrogens is 261 g/mol. The molecule has 0 saturated carbocycles. The molecule has 0 amide bonds. The first-order valence-electron chi connectivity index (χ1n) is 4.45. The van der Waals surface area contributed by atoms with Gasteiger partial charge >= 0.3 is 0 Å². The highest BCUT2D eigenvalue weighted by atomic mass is 79.9. The van der Waals surface area contributed by atoms with Crippen LogP contribution in [-0.4, -0.2) is 4.98 Å². The highest BCUT2D eigenvalue weighted by Gasteiger charge is 1.99. The summed E-state index contributed by atoms with van der Waals surface area (Å²) >= 11 is 3.30. The fraction of sp³-hybridized carbons (Fsp3) is 0.0909. The van der Waals surface area contributed by atoms with E-state index >= 15 is 0 Å². The summed E-state index contributed by atoms with van der Waals surface area (Å²) in [6, 6.07) is 8.02. The molecule has 1 N–H and O–H groups in total. The maximum absolute atomic E-state index is 12.8. The van der Waals surface area contributed by atoms with Gasteiger partial charge < -0.3 is 9.72 Å². The average Bonchev–Trinajstić information content (AvgIpc) is 2.62. The van der Waals surface area contributed by atoms with Crippen molar-refractivity contribution in [1.29, 1.82) is 0 Å². The fourth-order valence-corrected chi connectivity index (χ4v) is 1.62. The first kappa shape index (κ1) is 10.2. The minimum absolute atomic E-state index is 0.289. The van der Waals surface area contributed by atoms with Gasteiger partial charge in [-0.3, -0.25) is 0 Å². The number of ether oxygens (including phenoxy) is 1. The van der Waals surface area contributed by atoms with Crippen LogP contribution in [0.3, 0.4) is 0 Å². The number of hydrogen-bond acceptors (Lipinski definition) is 1. The molecule has 4 heteroatoms. The Kier molecular flexibility index (Phi) is 3.06. The van der Waals surface area contributed by atoms with Crippen LogP contribution in [0.2, 0.25) is 0 Å². The molecule has 0 aliphatic carbocycles. The Balaban J connectivity index is 1.99. The lowest BCUT2D eigenvalue weighted by Crippen LogP contribution is -1.93. The molecule has 0 aliphatic rings. The SMILES string of the molecule is Fc1cccc(OCc2c[nH]c(Br)c2)c1. The molecule has 2 rings (SSSR count). The van der Waals surface area contributed by atoms with E-state index in [4.69, 9.17) is 4.74 Å². The molecule has 1 heterocycles. The number of H-pyrrole nitrogens is 1. The van der Waals surface area contributed by atoms with Crippen LogP contribution in [0.5, 0.6) is 5.75 Å². The van der Waals surface area contributed by atoms with Crippen molar-refractivity contribution in [2.24, 2.45) is 0 Å². The number of hydrogen-bond donors (Lipinski definition) is 1. The fourth-order valence-electron chi connectivity index (χ4n) is 1.21. The van der Waals surface area contributed by atoms with E-state index in [0.29, 0.717) is 12.4 Å². The molecule has 1 aromatic heterocycles. The van der Waals surface area contributed by atoms with Gasteiger partial charge in [-0.15, -0.1) is 0 Å². The Morgan fingerprint density at radius 3 is 2.87 bits per heavy atom. The van der Waals surface area contributed by atoms with Gasteiger partial charge in [-0.05, 0) is 34.1 Å². The van der Waals surface area contributed by atoms with E-state index in [1.807, 2.05) is 12.3 Å². The third-order valence-electron chi connectivity index (χ3n) is 1.91. The zero-order valence-corrected chi connectivity index (χ0v) is 9.42. The topological polar surface area (TPSA) is 25.0 Å². The van der Waals surface area contributed by atoms with E-state index in [0.717, 1.165) is 10.2 Å². The standard InChI is InChI=1S/C11H9BrFNO/c12-11-4-8(6-14-11)7-15-10-3-1-2-9(13)5-10/h1-6,14H,7H2. The van der Waals surface area contributed by atoms with E-state index in [9.17, 15) is 4.39 Å². The summed E-state index contributed by atoms with van der Waals surface area (Å²) in [6.45, 7) is 0.422. The second kappa shape index (κ2) is 4.49. The first-order valence-corrected chi connectivity index (χ1v) is 5.24. The second-order valence-corrected chi connectivity index (χ2v) is 3.96. The van der Waals surface area contributed by atoms with Crippen LogP contribution >= 0.6 is 15.9 Å². The number of benzene rings is 1. The molecule has 0 aliphatic heterocycles. The first-order chi connectivity index (χ1) is 7.24. The van der Waals surface area contributed by atoms with Crippen molar-refractivity contribution >= 4 is 15.9 Å². The molecule has 1 aromatic carbocycles. The van der Waals surface area contributed by atoms with Crippen molar-refractivity contribution < 1.29 is 9.13 Å². The Morgan fingerprint density at radius 2 is 2.20 bits per heavy atom. The summed E-state index contributed by atoms with van der Waals surface area (Å²) in [6.07, 6.45) is 1.84. The zero-order valence-electron chi connectivity index (χ0n) is 7.84. The predicted octanol–water partition coefficient (Wildman–Crippen LogP) is 3.50. The van der Waals surface area contributed by atoms with Crippen molar-refractivity contribution in [3.8, 4) is 5.75 Å². The van der Waals surface area contributed by atoms with Crippen molar-refractivity contribution in [1.82, 2.24) is 4.98 Å². The van der Waals surface area contributed by atoms with Crippen molar-refractivity contribution in [3.05, 3.63) is 52.5 Å². The quantitative estimate of drug-likeness (QED) is 0.907. The van der Waals surface area contributed by atoms with E-state index in [1.54, 1.807) is 12.1 Å². The van der Waals surface area contributed by atoms with Crippen LogP contribution in [0.15, 0.2) is 41.1 Å². The summed E-state index contributed by atoms with van der Waals surface area (Å²) in [5, 5.41) is 0. The Morgan fingerprint density at radius 1 is 1.33 bits per heavy atom. The van der Waals surface area contributed by atoms with Gasteiger partial charge in [0.25, 0.3) is 0 Å². The Hall–Kier alpha value is -1.29. The van der Waals surface area contributed by atoms with Gasteiger partial charge in [-0.2, -0.15) is 0 Å². The molecule has 0 unspecified atom stereocenters. The Bertz CT molecular complexity index is 455. The van der Waals surface area contributed by atoms with Crippen LogP contribution in [0, 0.1) is 5.82 Å². The lowest BCUT2D eigenvalue weighted by atomic mass is 10.3. The molecular formula is C11H9BrFNO. The summed E-state index contributed by atoms with van der Waals surface area (Å²) < 4.78 is 19.1. The number of nitrogens with one attached hydrogen (secondary N) is 1. The molecule has 0 spiro atoms. The molecule has 0 saturated heterocycles. The van der Waals surface area contributed by atoms with Crippen LogP contribution < -0.4 is 4.74 Å². The van der Waals surface area contributed by atoms with E-state index in [1.165, 1.54) is 12.1 Å². The lowest BCUT2D eigenvalue weighted by molar-refractivity contribution is 0.305. The van der Waals surface area contributed by atoms with Gasteiger partial charge in [0.05, 0.1) is 4.60 Å². The third-order valence-corrected chi connectivity index (χ3v) is 2.37. The number of aromatic nitrogens is 1. The normalized spacial score (nSPS) is 10.3. The minimum Gasteiger partial charge on any atom is -0.489 e. The lowest BCUT2D eigenvalue weighted by Gasteiger charge is -2.03. The van der Waals surface area contributed by atoms with E-state index < -0.39 is 0 Å². The van der Waals surface area contributed by atoms with Gasteiger partial charge in [0.1, 0.15) is 18.2 Å². The van der Waals surface area contributed by atoms with Gasteiger partial charge in [0, 0.05) is 17.8 Å². The van der Waals surface area contributed by atoms with Gasteiger partial charge in [0.15, 0.2) is 0 Å². The van der Waals surface area contributed by atoms with Gasteiger partial charge in [-0.25, -0.2) is 4.39 Å². The molecule has 0 atom stereocenters. The zero-order chi connectivity index (χ0) is 10.7. The van der Waals surface area contributed by atoms with Gasteiger partial charge in [0.2, 0.25) is 0 Å². The summed E-state index contributed by atoms with van der Waals surface area (Å²) in [5.41, 5.74) is 1.01. The maximum atomic E-state index is 12.8. The minimum atomic E-state index is -0.289. The van der Waals surface area contributed by atoms with Crippen LogP contribution in [0.25, 0.3) is 0 Å². The largest absolute Gasteiger partial charge is 0.489 e. The third kappa shape index (κ3) is 2.83.